The van der Waals surface area contributed by atoms with Crippen LogP contribution in [0.2, 0.25) is 0 Å². The molecule has 0 aliphatic rings. The van der Waals surface area contributed by atoms with Crippen LogP contribution in [0.1, 0.15) is 195 Å². The zero-order valence-electron chi connectivity index (χ0n) is 54.5. The molecule has 0 rings (SSSR count). The van der Waals surface area contributed by atoms with Gasteiger partial charge in [0.05, 0.1) is 0 Å². The van der Waals surface area contributed by atoms with Crippen LogP contribution in [0.25, 0.3) is 0 Å². The summed E-state index contributed by atoms with van der Waals surface area (Å²) in [6.07, 6.45) is -97.3. The van der Waals surface area contributed by atoms with Crippen molar-refractivity contribution in [2.75, 3.05) is 0 Å². The van der Waals surface area contributed by atoms with Crippen LogP contribution >= 0.6 is 0 Å². The van der Waals surface area contributed by atoms with Gasteiger partial charge in [-0.2, -0.15) is 0 Å². The van der Waals surface area contributed by atoms with Crippen LogP contribution in [0.5, 0.6) is 0 Å². The molecule has 0 heterocycles. The molecule has 0 fully saturated rings. The smallest absolute Gasteiger partial charge is 0.0267 e. The van der Waals surface area contributed by atoms with Gasteiger partial charge in [0.1, 0.15) is 0 Å². The Bertz CT molecular complexity index is 1600. The summed E-state index contributed by atoms with van der Waals surface area (Å²) in [6, 6.07) is 0. The Morgan fingerprint density at radius 2 is 0.571 bits per heavy atom. The van der Waals surface area contributed by atoms with Crippen LogP contribution in [-0.2, 0) is 0 Å². The molecule has 0 nitrogen and oxygen atoms in total. The summed E-state index contributed by atoms with van der Waals surface area (Å²) in [5, 5.41) is 0. The van der Waals surface area contributed by atoms with Gasteiger partial charge in [-0.15, -0.1) is 0 Å². The molecule has 0 atom stereocenters. The Morgan fingerprint density at radius 3 is 0.762 bits per heavy atom. The number of hydrogen-bond donors (Lipinski definition) is 0. The molecule has 21 heavy (non-hydrogen) atoms. The van der Waals surface area contributed by atoms with E-state index in [0.717, 1.165) is 0 Å². The van der Waals surface area contributed by atoms with Crippen molar-refractivity contribution in [3.63, 3.8) is 0 Å². The molecule has 0 bridgehead atoms. The van der Waals surface area contributed by atoms with E-state index in [1.165, 1.54) is 0 Å². The quantitative estimate of drug-likeness (QED) is 0.235. The molecule has 0 aromatic carbocycles. The second-order valence-corrected chi connectivity index (χ2v) is 2.38. The lowest BCUT2D eigenvalue weighted by molar-refractivity contribution is 0.524. The highest BCUT2D eigenvalue weighted by Crippen LogP contribution is 2.14. The molecule has 0 aliphatic heterocycles. The lowest BCUT2D eigenvalue weighted by Crippen LogP contribution is -1.83. The van der Waals surface area contributed by atoms with E-state index in [4.69, 9.17) is 60.3 Å². The van der Waals surface area contributed by atoms with Crippen LogP contribution in [0, 0.1) is 0 Å². The van der Waals surface area contributed by atoms with Crippen LogP contribution in [0.15, 0.2) is 0 Å². The van der Waals surface area contributed by atoms with Crippen molar-refractivity contribution in [3.8, 4) is 0 Å². The fourth-order valence-electron chi connectivity index (χ4n) is 0.531. The molecule has 0 spiro atoms. The predicted octanol–water partition coefficient (Wildman–Crippen LogP) is 8.44. The maximum atomic E-state index is 8.30. The first-order chi connectivity index (χ1) is 27.0. The van der Waals surface area contributed by atoms with Crippen molar-refractivity contribution >= 4 is 0 Å². The van der Waals surface area contributed by atoms with E-state index in [-0.39, 0.29) is 0 Å². The minimum absolute atomic E-state index is 4.20. The summed E-state index contributed by atoms with van der Waals surface area (Å²) < 4.78 is 352. The van der Waals surface area contributed by atoms with Gasteiger partial charge >= 0.3 is 0 Å². The van der Waals surface area contributed by atoms with Gasteiger partial charge < -0.3 is 0 Å². The average Bonchev–Trinajstić information content (AvgIpc) is 3.05. The van der Waals surface area contributed by atoms with E-state index < -0.39 is 135 Å². The van der Waals surface area contributed by atoms with Gasteiger partial charge in [-0.25, -0.2) is 0 Å². The van der Waals surface area contributed by atoms with Crippen molar-refractivity contribution in [3.05, 3.63) is 0 Å². The normalized spacial score (nSPS) is 56.4. The minimum Gasteiger partial charge on any atom is -0.0654 e. The zero-order chi connectivity index (χ0) is 54.5. The summed E-state index contributed by atoms with van der Waals surface area (Å²) in [7, 11) is 0. The highest BCUT2D eigenvalue weighted by molar-refractivity contribution is 4.50. The Kier molecular flexibility index (Phi) is 1.95. The SMILES string of the molecule is [2H]C([2H])([2H])C([2H])([2H])C([2H])([2H])C([2H])([2H])C([2H])([2H])C([2H])([2H])C([2H])([2H])C([2H])([2H])C([2H])([2H])C([2H])([2H])C([2H])([2H])C([2H])([2H])C([2H])([2H])C([2H])([2H])C([2H])([2H])C([2H])([2H])C([2H])([2H])C([2H])([2H])C([2H])([2H])C([2H])([2H])C([2H])([2H])[2H]. The van der Waals surface area contributed by atoms with Gasteiger partial charge in [-0.1, -0.05) is 135 Å². The Labute approximate surface area is 198 Å². The van der Waals surface area contributed by atoms with Gasteiger partial charge in [0.2, 0.25) is 0 Å². The molecule has 0 heteroatoms. The molecule has 0 radical (unpaired) electrons. The van der Waals surface area contributed by atoms with Crippen LogP contribution < -0.4 is 0 Å². The maximum absolute atomic E-state index is 8.30. The van der Waals surface area contributed by atoms with Crippen molar-refractivity contribution in [2.45, 2.75) is 135 Å². The molecule has 0 amide bonds. The van der Waals surface area contributed by atoms with E-state index in [1.807, 2.05) is 0 Å². The van der Waals surface area contributed by atoms with Gasteiger partial charge in [-0.05, 0) is 0 Å². The van der Waals surface area contributed by atoms with E-state index >= 15 is 0 Å². The Morgan fingerprint density at radius 1 is 0.381 bits per heavy atom. The van der Waals surface area contributed by atoms with Crippen molar-refractivity contribution < 1.29 is 60.3 Å². The molecule has 0 saturated heterocycles. The highest BCUT2D eigenvalue weighted by Gasteiger charge is 1.94. The second-order valence-electron chi connectivity index (χ2n) is 2.38. The van der Waals surface area contributed by atoms with Crippen molar-refractivity contribution in [2.24, 2.45) is 0 Å². The fraction of sp³-hybridized carbons (Fsp3) is 1.00. The molecule has 0 saturated carbocycles. The average molecular weight is 341 g/mol. The molecule has 0 aromatic rings. The molecule has 0 aliphatic carbocycles. The predicted molar refractivity (Wildman–Crippen MR) is 99.1 cm³/mol. The van der Waals surface area contributed by atoms with Gasteiger partial charge in [0.15, 0.2) is 0 Å². The summed E-state index contributed by atoms with van der Waals surface area (Å²) >= 11 is 0. The zero-order valence-corrected chi connectivity index (χ0v) is 10.5. The first-order valence-electron chi connectivity index (χ1n) is 27.0. The van der Waals surface area contributed by atoms with Crippen LogP contribution in [-0.4, -0.2) is 0 Å². The number of rotatable bonds is 18. The molecule has 0 aromatic heterocycles. The van der Waals surface area contributed by atoms with Crippen molar-refractivity contribution in [1.29, 1.82) is 0 Å². The number of hydrogen-bond acceptors (Lipinski definition) is 0. The minimum atomic E-state index is -5.40. The topological polar surface area (TPSA) is 0 Å². The van der Waals surface area contributed by atoms with E-state index in [2.05, 4.69) is 0 Å². The summed E-state index contributed by atoms with van der Waals surface area (Å²) in [4.78, 5) is 0. The second kappa shape index (κ2) is 20.0. The van der Waals surface area contributed by atoms with E-state index in [0.29, 0.717) is 0 Å². The first kappa shape index (κ1) is 2.05. The molecule has 0 unspecified atom stereocenters. The fourth-order valence-corrected chi connectivity index (χ4v) is 0.531. The third-order valence-corrected chi connectivity index (χ3v) is 1.12. The summed E-state index contributed by atoms with van der Waals surface area (Å²) in [5.74, 6) is 0. The van der Waals surface area contributed by atoms with E-state index in [9.17, 15) is 0 Å². The third kappa shape index (κ3) is 20.0. The standard InChI is InChI=1S/C21H44/c1-3-5-7-9-11-13-15-17-19-21-20-18-16-14-12-10-8-6-4-2/h3-21H2,1-2H3/i1D3,2D3,3D2,4D2,5D2,6D2,7D2,8D2,9D2,10D2,11D2,12D2,13D2,14D2,15D2,16D2,17D2,18D2,19D2,20D2,21D2. The third-order valence-electron chi connectivity index (χ3n) is 1.12. The first-order valence-corrected chi connectivity index (χ1v) is 5.00. The summed E-state index contributed by atoms with van der Waals surface area (Å²) in [6.45, 7) is -8.40. The monoisotopic (exact) mass is 341 g/mol. The van der Waals surface area contributed by atoms with Crippen LogP contribution in [0.3, 0.4) is 0 Å². The largest absolute Gasteiger partial charge is 0.0654 e. The Hall–Kier alpha value is 0. The van der Waals surface area contributed by atoms with Crippen LogP contribution in [0.4, 0.5) is 0 Å². The summed E-state index contributed by atoms with van der Waals surface area (Å²) in [5.41, 5.74) is 0. The lowest BCUT2D eigenvalue weighted by atomic mass is 10.0. The maximum Gasteiger partial charge on any atom is 0.0267 e. The highest BCUT2D eigenvalue weighted by atomic mass is 14.0. The van der Waals surface area contributed by atoms with E-state index in [1.54, 1.807) is 0 Å². The van der Waals surface area contributed by atoms with Gasteiger partial charge in [-0.3, -0.25) is 0 Å². The van der Waals surface area contributed by atoms with Gasteiger partial charge in [0, 0.05) is 60.3 Å². The Balaban J connectivity index is 8.03. The van der Waals surface area contributed by atoms with Gasteiger partial charge in [0.25, 0.3) is 0 Å². The lowest BCUT2D eigenvalue weighted by Gasteiger charge is -2.03. The molecule has 128 valence electrons. The molecular weight excluding hydrogens is 252 g/mol. The molecule has 0 N–H and O–H groups in total. The molecular formula is C21H44. The van der Waals surface area contributed by atoms with Crippen molar-refractivity contribution in [1.82, 2.24) is 0 Å².